The number of aryl methyl sites for hydroxylation is 2. The third-order valence-electron chi connectivity index (χ3n) is 4.36. The van der Waals surface area contributed by atoms with Crippen molar-refractivity contribution in [1.29, 1.82) is 0 Å². The molecule has 2 N–H and O–H groups in total. The molecule has 1 aromatic heterocycles. The number of halogens is 2. The normalized spacial score (nSPS) is 19.6. The van der Waals surface area contributed by atoms with Gasteiger partial charge >= 0.3 is 0 Å². The first-order chi connectivity index (χ1) is 11.1. The van der Waals surface area contributed by atoms with Crippen LogP contribution in [0.15, 0.2) is 24.4 Å². The van der Waals surface area contributed by atoms with Gasteiger partial charge in [0.15, 0.2) is 11.6 Å². The third-order valence-corrected chi connectivity index (χ3v) is 4.36. The molecule has 6 heteroatoms. The van der Waals surface area contributed by atoms with E-state index < -0.39 is 11.6 Å². The van der Waals surface area contributed by atoms with Crippen LogP contribution in [0.5, 0.6) is 0 Å². The number of aromatic nitrogens is 2. The summed E-state index contributed by atoms with van der Waals surface area (Å²) in [5, 5.41) is 9.71. The van der Waals surface area contributed by atoms with Crippen LogP contribution in [0.25, 0.3) is 0 Å². The van der Waals surface area contributed by atoms with E-state index in [-0.39, 0.29) is 17.7 Å². The van der Waals surface area contributed by atoms with Crippen LogP contribution in [0.3, 0.4) is 0 Å². The Labute approximate surface area is 133 Å². The Morgan fingerprint density at radius 2 is 2.26 bits per heavy atom. The van der Waals surface area contributed by atoms with Gasteiger partial charge in [-0.25, -0.2) is 8.78 Å². The Bertz CT molecular complexity index is 714. The third kappa shape index (κ3) is 3.41. The van der Waals surface area contributed by atoms with E-state index in [1.54, 1.807) is 12.3 Å². The first-order valence-corrected chi connectivity index (χ1v) is 7.78. The van der Waals surface area contributed by atoms with Crippen molar-refractivity contribution < 1.29 is 13.6 Å². The van der Waals surface area contributed by atoms with E-state index in [0.29, 0.717) is 18.5 Å². The highest BCUT2D eigenvalue weighted by atomic mass is 19.2. The van der Waals surface area contributed by atoms with Crippen LogP contribution in [0.2, 0.25) is 0 Å². The summed E-state index contributed by atoms with van der Waals surface area (Å²) in [5.41, 5.74) is 2.49. The van der Waals surface area contributed by atoms with Crippen LogP contribution < -0.4 is 5.32 Å². The Morgan fingerprint density at radius 3 is 3.00 bits per heavy atom. The fourth-order valence-electron chi connectivity index (χ4n) is 2.88. The first kappa shape index (κ1) is 15.6. The molecule has 1 amide bonds. The summed E-state index contributed by atoms with van der Waals surface area (Å²) < 4.78 is 26.9. The molecule has 2 aromatic rings. The molecule has 0 bridgehead atoms. The summed E-state index contributed by atoms with van der Waals surface area (Å²) >= 11 is 0. The monoisotopic (exact) mass is 319 g/mol. The van der Waals surface area contributed by atoms with Gasteiger partial charge in [0.2, 0.25) is 5.91 Å². The Morgan fingerprint density at radius 1 is 1.43 bits per heavy atom. The van der Waals surface area contributed by atoms with E-state index in [1.165, 1.54) is 6.07 Å². The smallest absolute Gasteiger partial charge is 0.223 e. The Kier molecular flexibility index (Phi) is 4.41. The second kappa shape index (κ2) is 6.48. The summed E-state index contributed by atoms with van der Waals surface area (Å²) in [6, 6.07) is 4.13. The number of benzene rings is 1. The molecule has 1 fully saturated rings. The average Bonchev–Trinajstić information content (AvgIpc) is 3.22. The zero-order valence-corrected chi connectivity index (χ0v) is 12.9. The molecule has 1 aliphatic carbocycles. The van der Waals surface area contributed by atoms with Crippen LogP contribution in [-0.4, -0.2) is 22.6 Å². The summed E-state index contributed by atoms with van der Waals surface area (Å²) in [6.07, 6.45) is 4.03. The molecule has 1 heterocycles. The predicted octanol–water partition coefficient (Wildman–Crippen LogP) is 2.85. The second-order valence-electron chi connectivity index (χ2n) is 6.01. The van der Waals surface area contributed by atoms with Crippen molar-refractivity contribution in [1.82, 2.24) is 15.5 Å². The quantitative estimate of drug-likeness (QED) is 0.805. The van der Waals surface area contributed by atoms with Gasteiger partial charge in [0.1, 0.15) is 0 Å². The highest BCUT2D eigenvalue weighted by Crippen LogP contribution is 2.48. The lowest BCUT2D eigenvalue weighted by atomic mass is 10.1. The lowest BCUT2D eigenvalue weighted by Gasteiger charge is -2.06. The summed E-state index contributed by atoms with van der Waals surface area (Å²) in [4.78, 5) is 12.1. The van der Waals surface area contributed by atoms with Crippen LogP contribution in [0, 0.1) is 24.5 Å². The van der Waals surface area contributed by atoms with Gasteiger partial charge in [0, 0.05) is 18.2 Å². The fourth-order valence-corrected chi connectivity index (χ4v) is 2.88. The van der Waals surface area contributed by atoms with Crippen LogP contribution in [-0.2, 0) is 11.2 Å². The Hall–Kier alpha value is -2.24. The molecule has 0 aliphatic heterocycles. The van der Waals surface area contributed by atoms with Crippen molar-refractivity contribution >= 4 is 5.91 Å². The molecule has 3 rings (SSSR count). The largest absolute Gasteiger partial charge is 0.356 e. The van der Waals surface area contributed by atoms with Gasteiger partial charge < -0.3 is 5.32 Å². The molecule has 23 heavy (non-hydrogen) atoms. The van der Waals surface area contributed by atoms with Gasteiger partial charge in [-0.2, -0.15) is 5.10 Å². The minimum absolute atomic E-state index is 0.0809. The summed E-state index contributed by atoms with van der Waals surface area (Å²) in [6.45, 7) is 2.53. The minimum atomic E-state index is -0.857. The molecule has 0 unspecified atom stereocenters. The average molecular weight is 319 g/mol. The maximum Gasteiger partial charge on any atom is 0.223 e. The number of hydrogen-bond donors (Lipinski definition) is 2. The van der Waals surface area contributed by atoms with E-state index in [0.717, 1.165) is 30.2 Å². The molecule has 0 spiro atoms. The number of nitrogens with one attached hydrogen (secondary N) is 2. The predicted molar refractivity (Wildman–Crippen MR) is 81.9 cm³/mol. The molecule has 0 radical (unpaired) electrons. The summed E-state index contributed by atoms with van der Waals surface area (Å²) in [7, 11) is 0. The number of hydrogen-bond acceptors (Lipinski definition) is 2. The lowest BCUT2D eigenvalue weighted by Crippen LogP contribution is -2.26. The number of nitrogens with zero attached hydrogens (tertiary/aromatic N) is 1. The number of aromatic amines is 1. The number of amides is 1. The number of carbonyl (C=O) groups excluding carboxylic acids is 1. The van der Waals surface area contributed by atoms with Gasteiger partial charge in [0.25, 0.3) is 0 Å². The van der Waals surface area contributed by atoms with E-state index in [2.05, 4.69) is 15.5 Å². The van der Waals surface area contributed by atoms with E-state index >= 15 is 0 Å². The van der Waals surface area contributed by atoms with Crippen molar-refractivity contribution in [3.05, 3.63) is 52.9 Å². The molecular weight excluding hydrogens is 300 g/mol. The fraction of sp³-hybridized carbons (Fsp3) is 0.412. The zero-order valence-electron chi connectivity index (χ0n) is 12.9. The maximum atomic E-state index is 13.7. The molecule has 2 atom stereocenters. The molecule has 1 aliphatic rings. The number of carbonyl (C=O) groups is 1. The number of H-pyrrole nitrogens is 1. The van der Waals surface area contributed by atoms with Crippen LogP contribution in [0.4, 0.5) is 8.78 Å². The second-order valence-corrected chi connectivity index (χ2v) is 6.01. The standard InChI is InChI=1S/C17H19F2N3O/c1-10-11(9-21-22-10)4-3-7-20-17(23)14-8-13(14)12-5-2-6-15(18)16(12)19/h2,5-6,9,13-14H,3-4,7-8H2,1H3,(H,20,23)(H,21,22)/t13-,14-/m1/s1. The maximum absolute atomic E-state index is 13.7. The molecule has 122 valence electrons. The van der Waals surface area contributed by atoms with Gasteiger partial charge in [-0.3, -0.25) is 9.89 Å². The molecule has 4 nitrogen and oxygen atoms in total. The first-order valence-electron chi connectivity index (χ1n) is 7.78. The highest BCUT2D eigenvalue weighted by molar-refractivity contribution is 5.82. The van der Waals surface area contributed by atoms with Crippen LogP contribution in [0.1, 0.15) is 35.6 Å². The number of rotatable bonds is 6. The lowest BCUT2D eigenvalue weighted by molar-refractivity contribution is -0.122. The van der Waals surface area contributed by atoms with Crippen molar-refractivity contribution in [3.8, 4) is 0 Å². The van der Waals surface area contributed by atoms with Gasteiger partial charge in [-0.1, -0.05) is 12.1 Å². The van der Waals surface area contributed by atoms with E-state index in [1.807, 2.05) is 6.92 Å². The van der Waals surface area contributed by atoms with Crippen molar-refractivity contribution in [2.45, 2.75) is 32.1 Å². The topological polar surface area (TPSA) is 57.8 Å². The van der Waals surface area contributed by atoms with Crippen molar-refractivity contribution in [3.63, 3.8) is 0 Å². The van der Waals surface area contributed by atoms with Gasteiger partial charge in [0.05, 0.1) is 6.20 Å². The molecule has 1 saturated carbocycles. The Balaban J connectivity index is 1.45. The van der Waals surface area contributed by atoms with Gasteiger partial charge in [-0.15, -0.1) is 0 Å². The van der Waals surface area contributed by atoms with Crippen molar-refractivity contribution in [2.24, 2.45) is 5.92 Å². The zero-order chi connectivity index (χ0) is 16.4. The highest BCUT2D eigenvalue weighted by Gasteiger charge is 2.45. The van der Waals surface area contributed by atoms with E-state index in [4.69, 9.17) is 0 Å². The van der Waals surface area contributed by atoms with Gasteiger partial charge in [-0.05, 0) is 49.3 Å². The molecule has 1 aromatic carbocycles. The van der Waals surface area contributed by atoms with Crippen LogP contribution >= 0.6 is 0 Å². The summed E-state index contributed by atoms with van der Waals surface area (Å²) in [5.74, 6) is -2.22. The van der Waals surface area contributed by atoms with Crippen molar-refractivity contribution in [2.75, 3.05) is 6.54 Å². The van der Waals surface area contributed by atoms with E-state index in [9.17, 15) is 13.6 Å². The SMILES string of the molecule is Cc1[nH]ncc1CCCNC(=O)[C@@H]1C[C@@H]1c1cccc(F)c1F. The molecule has 0 saturated heterocycles. The molecular formula is C17H19F2N3O. The minimum Gasteiger partial charge on any atom is -0.356 e.